The van der Waals surface area contributed by atoms with Gasteiger partial charge in [-0.3, -0.25) is 0 Å². The Morgan fingerprint density at radius 2 is 1.00 bits per heavy atom. The van der Waals surface area contributed by atoms with Gasteiger partial charge in [-0.1, -0.05) is 0 Å². The van der Waals surface area contributed by atoms with E-state index in [1.165, 1.54) is 0 Å². The Hall–Kier alpha value is 2.61. The molecular weight excluding hydrogens is 390 g/mol. The van der Waals surface area contributed by atoms with Gasteiger partial charge in [0.2, 0.25) is 0 Å². The summed E-state index contributed by atoms with van der Waals surface area (Å²) in [4.78, 5) is 0. The van der Waals surface area contributed by atoms with E-state index in [1.807, 2.05) is 0 Å². The first-order valence-corrected chi connectivity index (χ1v) is 0. The van der Waals surface area contributed by atoms with Crippen molar-refractivity contribution in [3.05, 3.63) is 0 Å². The van der Waals surface area contributed by atoms with Crippen molar-refractivity contribution in [1.82, 2.24) is 0 Å². The standard InChI is InChI=1S/Co.Mn.Ni.H3P.Re/h;;;1H3;. The molecule has 0 saturated carbocycles. The van der Waals surface area contributed by atoms with Crippen molar-refractivity contribution in [2.75, 3.05) is 0 Å². The summed E-state index contributed by atoms with van der Waals surface area (Å²) in [5.74, 6) is 0. The van der Waals surface area contributed by atoms with E-state index >= 15 is 0 Å². The number of hydrogen-bond acceptors (Lipinski definition) is 0. The summed E-state index contributed by atoms with van der Waals surface area (Å²) >= 11 is 0. The van der Waals surface area contributed by atoms with Crippen LogP contribution in [0.3, 0.4) is 0 Å². The summed E-state index contributed by atoms with van der Waals surface area (Å²) in [6.07, 6.45) is 0. The molecule has 1 unspecified atom stereocenters. The van der Waals surface area contributed by atoms with Crippen LogP contribution in [0.25, 0.3) is 0 Å². The molecule has 3 radical (unpaired) electrons. The van der Waals surface area contributed by atoms with Gasteiger partial charge in [0, 0.05) is 70.8 Å². The second-order valence-electron chi connectivity index (χ2n) is 0. The van der Waals surface area contributed by atoms with Gasteiger partial charge in [-0.2, -0.15) is 9.90 Å². The quantitative estimate of drug-likeness (QED) is 0.404. The van der Waals surface area contributed by atoms with E-state index in [4.69, 9.17) is 0 Å². The molecule has 0 heterocycles. The van der Waals surface area contributed by atoms with E-state index in [1.54, 1.807) is 0 Å². The third kappa shape index (κ3) is 20.6. The van der Waals surface area contributed by atoms with Crippen molar-refractivity contribution in [1.29, 1.82) is 0 Å². The minimum atomic E-state index is 0. The van der Waals surface area contributed by atoms with Gasteiger partial charge >= 0.3 is 0 Å². The molecule has 0 aromatic heterocycles. The second kappa shape index (κ2) is 30.5. The Morgan fingerprint density at radius 3 is 1.00 bits per heavy atom. The Balaban J connectivity index is 0. The van der Waals surface area contributed by atoms with Crippen molar-refractivity contribution in [3.63, 3.8) is 0 Å². The zero-order chi connectivity index (χ0) is 0. The first kappa shape index (κ1) is 48.8. The Labute approximate surface area is 79.9 Å². The average molecular weight is 393 g/mol. The maximum absolute atomic E-state index is 0. The smallest absolute Gasteiger partial charge is 0 e. The van der Waals surface area contributed by atoms with Crippen molar-refractivity contribution in [2.24, 2.45) is 0 Å². The average Bonchev–Trinajstić information content (AvgIpc) is 0. The van der Waals surface area contributed by atoms with Gasteiger partial charge < -0.3 is 0 Å². The van der Waals surface area contributed by atoms with E-state index in [0.29, 0.717) is 0 Å². The summed E-state index contributed by atoms with van der Waals surface area (Å²) in [6.45, 7) is 0. The van der Waals surface area contributed by atoms with Crippen LogP contribution in [0.4, 0.5) is 0 Å². The topological polar surface area (TPSA) is 0 Å². The van der Waals surface area contributed by atoms with Crippen LogP contribution < -0.4 is 0 Å². The van der Waals surface area contributed by atoms with Gasteiger partial charge in [0.05, 0.1) is 0 Å². The molecule has 0 aromatic rings. The van der Waals surface area contributed by atoms with Crippen LogP contribution in [0.2, 0.25) is 0 Å². The summed E-state index contributed by atoms with van der Waals surface area (Å²) in [6, 6.07) is 0. The molecule has 0 saturated heterocycles. The van der Waals surface area contributed by atoms with Gasteiger partial charge in [0.15, 0.2) is 0 Å². The van der Waals surface area contributed by atoms with Crippen LogP contribution in [-0.2, 0) is 70.8 Å². The third-order valence-corrected chi connectivity index (χ3v) is 0. The van der Waals surface area contributed by atoms with Crippen molar-refractivity contribution < 1.29 is 70.8 Å². The summed E-state index contributed by atoms with van der Waals surface area (Å²) in [7, 11) is 0. The van der Waals surface area contributed by atoms with Crippen LogP contribution in [0.15, 0.2) is 0 Å². The molecule has 0 fully saturated rings. The molecule has 0 bridgehead atoms. The maximum atomic E-state index is 0. The van der Waals surface area contributed by atoms with Gasteiger partial charge in [-0.05, 0) is 0 Å². The molecule has 0 aliphatic heterocycles. The van der Waals surface area contributed by atoms with Crippen molar-refractivity contribution >= 4 is 9.90 Å². The predicted molar refractivity (Wildman–Crippen MR) is 11.1 cm³/mol. The molecular formula is H3CoMnNiPRe. The van der Waals surface area contributed by atoms with Gasteiger partial charge in [0.25, 0.3) is 0 Å². The molecule has 0 aliphatic carbocycles. The zero-order valence-electron chi connectivity index (χ0n) is 2.11. The van der Waals surface area contributed by atoms with Crippen LogP contribution in [0.5, 0.6) is 0 Å². The SMILES string of the molecule is P.[Co].[Mn].[Ni].[Re]. The van der Waals surface area contributed by atoms with E-state index in [9.17, 15) is 0 Å². The Kier molecular flexibility index (Phi) is 298. The summed E-state index contributed by atoms with van der Waals surface area (Å²) in [5.41, 5.74) is 0. The van der Waals surface area contributed by atoms with Crippen molar-refractivity contribution in [3.8, 4) is 0 Å². The predicted octanol–water partition coefficient (Wildman–Crippen LogP) is 0.0481. The molecule has 0 aliphatic rings. The zero-order valence-corrected chi connectivity index (χ0v) is 9.45. The molecule has 5 heteroatoms. The molecule has 41 valence electrons. The largest absolute Gasteiger partial charge is 0.153 e. The minimum Gasteiger partial charge on any atom is -0.153 e. The summed E-state index contributed by atoms with van der Waals surface area (Å²) < 4.78 is 0. The molecule has 0 aromatic carbocycles. The van der Waals surface area contributed by atoms with E-state index in [-0.39, 0.29) is 80.7 Å². The van der Waals surface area contributed by atoms with E-state index in [0.717, 1.165) is 0 Å². The van der Waals surface area contributed by atoms with Crippen LogP contribution in [0.1, 0.15) is 0 Å². The van der Waals surface area contributed by atoms with E-state index in [2.05, 4.69) is 0 Å². The maximum Gasteiger partial charge on any atom is 0 e. The molecule has 0 nitrogen and oxygen atoms in total. The molecule has 0 amide bonds. The molecule has 0 N–H and O–H groups in total. The van der Waals surface area contributed by atoms with Crippen LogP contribution in [-0.4, -0.2) is 0 Å². The van der Waals surface area contributed by atoms with Crippen molar-refractivity contribution in [2.45, 2.75) is 0 Å². The second-order valence-corrected chi connectivity index (χ2v) is 0. The Morgan fingerprint density at radius 1 is 1.00 bits per heavy atom. The molecule has 0 spiro atoms. The first-order chi connectivity index (χ1) is 0. The summed E-state index contributed by atoms with van der Waals surface area (Å²) in [5, 5.41) is 0. The number of rotatable bonds is 0. The van der Waals surface area contributed by atoms with E-state index < -0.39 is 0 Å². The molecule has 1 atom stereocenters. The normalized spacial score (nSPS) is 0. The van der Waals surface area contributed by atoms with Crippen LogP contribution in [0, 0.1) is 0 Å². The van der Waals surface area contributed by atoms with Crippen LogP contribution >= 0.6 is 9.90 Å². The first-order valence-electron chi connectivity index (χ1n) is 0. The molecule has 0 rings (SSSR count). The van der Waals surface area contributed by atoms with Gasteiger partial charge in [-0.25, -0.2) is 0 Å². The monoisotopic (exact) mass is 393 g/mol. The molecule has 5 heavy (non-hydrogen) atoms. The fourth-order valence-corrected chi connectivity index (χ4v) is 0. The number of hydrogen-bond donors (Lipinski definition) is 0. The fraction of sp³-hybridized carbons (Fsp3) is 0. The van der Waals surface area contributed by atoms with Gasteiger partial charge in [-0.15, -0.1) is 0 Å². The Bertz CT molecular complexity index is 11.6. The third-order valence-electron chi connectivity index (χ3n) is 0. The fourth-order valence-electron chi connectivity index (χ4n) is 0. The van der Waals surface area contributed by atoms with Gasteiger partial charge in [0.1, 0.15) is 0 Å². The minimum absolute atomic E-state index is 0.